The van der Waals surface area contributed by atoms with Crippen LogP contribution in [0.2, 0.25) is 5.02 Å². The van der Waals surface area contributed by atoms with Crippen molar-refractivity contribution in [3.05, 3.63) is 14.9 Å². The lowest BCUT2D eigenvalue weighted by atomic mass is 9.76. The lowest BCUT2D eigenvalue weighted by Crippen LogP contribution is -2.52. The second-order valence-corrected chi connectivity index (χ2v) is 8.97. The van der Waals surface area contributed by atoms with Crippen molar-refractivity contribution in [2.45, 2.75) is 42.4 Å². The average molecular weight is 359 g/mol. The second-order valence-electron chi connectivity index (χ2n) is 4.28. The van der Waals surface area contributed by atoms with Crippen LogP contribution < -0.4 is 4.72 Å². The van der Waals surface area contributed by atoms with Crippen molar-refractivity contribution >= 4 is 48.9 Å². The molecule has 3 nitrogen and oxygen atoms in total. The van der Waals surface area contributed by atoms with Crippen LogP contribution in [0.1, 0.15) is 32.6 Å². The summed E-state index contributed by atoms with van der Waals surface area (Å²) in [6.45, 7) is 2.01. The Morgan fingerprint density at radius 3 is 2.59 bits per heavy atom. The van der Waals surface area contributed by atoms with E-state index in [0.29, 0.717) is 8.81 Å². The van der Waals surface area contributed by atoms with Crippen LogP contribution in [-0.2, 0) is 10.0 Å². The van der Waals surface area contributed by atoms with Gasteiger partial charge in [0.25, 0.3) is 10.0 Å². The Morgan fingerprint density at radius 1 is 1.59 bits per heavy atom. The summed E-state index contributed by atoms with van der Waals surface area (Å²) in [6, 6.07) is 1.49. The second kappa shape index (κ2) is 4.81. The van der Waals surface area contributed by atoms with Gasteiger partial charge in [-0.25, -0.2) is 13.1 Å². The van der Waals surface area contributed by atoms with Gasteiger partial charge < -0.3 is 0 Å². The molecule has 1 aromatic heterocycles. The van der Waals surface area contributed by atoms with Crippen molar-refractivity contribution in [3.8, 4) is 0 Å². The fourth-order valence-corrected chi connectivity index (χ4v) is 5.85. The van der Waals surface area contributed by atoms with E-state index in [2.05, 4.69) is 20.7 Å². The third-order valence-corrected chi connectivity index (χ3v) is 7.75. The first-order valence-corrected chi connectivity index (χ1v) is 8.84. The van der Waals surface area contributed by atoms with Crippen LogP contribution in [0.25, 0.3) is 0 Å². The Labute approximate surface area is 119 Å². The van der Waals surface area contributed by atoms with E-state index in [1.807, 2.05) is 6.92 Å². The van der Waals surface area contributed by atoms with Crippen LogP contribution in [-0.4, -0.2) is 14.0 Å². The minimum Gasteiger partial charge on any atom is -0.206 e. The molecule has 0 spiro atoms. The fourth-order valence-electron chi connectivity index (χ4n) is 1.93. The molecular formula is C10H13BrClNO2S2. The van der Waals surface area contributed by atoms with Gasteiger partial charge in [-0.05, 0) is 47.7 Å². The number of hydrogen-bond donors (Lipinski definition) is 1. The largest absolute Gasteiger partial charge is 0.250 e. The SMILES string of the molecule is CCC1(NS(=O)(=O)c2cc(Cl)c(Br)s2)CCC1. The number of halogens is 2. The molecule has 0 atom stereocenters. The van der Waals surface area contributed by atoms with Crippen LogP contribution in [0.15, 0.2) is 14.1 Å². The smallest absolute Gasteiger partial charge is 0.206 e. The van der Waals surface area contributed by atoms with Gasteiger partial charge in [-0.3, -0.25) is 0 Å². The molecule has 1 heterocycles. The highest BCUT2D eigenvalue weighted by atomic mass is 79.9. The molecule has 17 heavy (non-hydrogen) atoms. The van der Waals surface area contributed by atoms with Crippen molar-refractivity contribution in [3.63, 3.8) is 0 Å². The van der Waals surface area contributed by atoms with Crippen molar-refractivity contribution in [1.29, 1.82) is 0 Å². The van der Waals surface area contributed by atoms with Gasteiger partial charge in [-0.15, -0.1) is 11.3 Å². The van der Waals surface area contributed by atoms with Crippen molar-refractivity contribution in [2.75, 3.05) is 0 Å². The van der Waals surface area contributed by atoms with Gasteiger partial charge in [-0.1, -0.05) is 18.5 Å². The summed E-state index contributed by atoms with van der Waals surface area (Å²) in [5.74, 6) is 0. The van der Waals surface area contributed by atoms with Gasteiger partial charge in [0.1, 0.15) is 4.21 Å². The van der Waals surface area contributed by atoms with Crippen LogP contribution in [0, 0.1) is 0 Å². The number of hydrogen-bond acceptors (Lipinski definition) is 3. The van der Waals surface area contributed by atoms with Crippen molar-refractivity contribution < 1.29 is 8.42 Å². The molecule has 0 aliphatic heterocycles. The van der Waals surface area contributed by atoms with Crippen LogP contribution in [0.3, 0.4) is 0 Å². The Bertz CT molecular complexity index is 497. The molecular weight excluding hydrogens is 346 g/mol. The maximum atomic E-state index is 12.2. The highest BCUT2D eigenvalue weighted by Crippen LogP contribution is 2.39. The number of thiophene rings is 1. The number of nitrogens with one attached hydrogen (secondary N) is 1. The quantitative estimate of drug-likeness (QED) is 0.890. The normalized spacial score (nSPS) is 19.0. The standard InChI is InChI=1S/C10H13BrClNO2S2/c1-2-10(4-3-5-10)13-17(14,15)8-6-7(12)9(11)16-8/h6,13H,2-5H2,1H3. The van der Waals surface area contributed by atoms with E-state index in [-0.39, 0.29) is 9.75 Å². The molecule has 1 aromatic rings. The molecule has 0 bridgehead atoms. The van der Waals surface area contributed by atoms with Crippen LogP contribution in [0.4, 0.5) is 0 Å². The predicted molar refractivity (Wildman–Crippen MR) is 74.2 cm³/mol. The zero-order chi connectivity index (χ0) is 12.7. The predicted octanol–water partition coefficient (Wildman–Crippen LogP) is 3.78. The lowest BCUT2D eigenvalue weighted by Gasteiger charge is -2.41. The molecule has 0 amide bonds. The maximum Gasteiger partial charge on any atom is 0.250 e. The van der Waals surface area contributed by atoms with Gasteiger partial charge in [0.05, 0.1) is 8.81 Å². The van der Waals surface area contributed by atoms with Gasteiger partial charge in [0, 0.05) is 5.54 Å². The summed E-state index contributed by atoms with van der Waals surface area (Å²) in [6.07, 6.45) is 3.75. The fraction of sp³-hybridized carbons (Fsp3) is 0.600. The number of rotatable bonds is 4. The molecule has 0 unspecified atom stereocenters. The summed E-state index contributed by atoms with van der Waals surface area (Å²) >= 11 is 10.2. The molecule has 1 fully saturated rings. The van der Waals surface area contributed by atoms with Gasteiger partial charge >= 0.3 is 0 Å². The maximum absolute atomic E-state index is 12.2. The van der Waals surface area contributed by atoms with E-state index in [1.165, 1.54) is 6.07 Å². The summed E-state index contributed by atoms with van der Waals surface area (Å²) in [4.78, 5) is 0. The first-order valence-electron chi connectivity index (χ1n) is 5.37. The van der Waals surface area contributed by atoms with E-state index in [9.17, 15) is 8.42 Å². The third-order valence-electron chi connectivity index (χ3n) is 3.23. The van der Waals surface area contributed by atoms with Gasteiger partial charge in [0.15, 0.2) is 0 Å². The molecule has 96 valence electrons. The average Bonchev–Trinajstić information content (AvgIpc) is 2.54. The zero-order valence-electron chi connectivity index (χ0n) is 9.29. The van der Waals surface area contributed by atoms with Crippen molar-refractivity contribution in [1.82, 2.24) is 4.72 Å². The first-order chi connectivity index (χ1) is 7.88. The minimum absolute atomic E-state index is 0.234. The molecule has 1 aliphatic carbocycles. The van der Waals surface area contributed by atoms with Crippen LogP contribution in [0.5, 0.6) is 0 Å². The molecule has 0 radical (unpaired) electrons. The zero-order valence-corrected chi connectivity index (χ0v) is 13.3. The molecule has 0 aromatic carbocycles. The van der Waals surface area contributed by atoms with Crippen LogP contribution >= 0.6 is 38.9 Å². The van der Waals surface area contributed by atoms with E-state index in [1.54, 1.807) is 0 Å². The van der Waals surface area contributed by atoms with E-state index >= 15 is 0 Å². The minimum atomic E-state index is -3.44. The summed E-state index contributed by atoms with van der Waals surface area (Å²) in [7, 11) is -3.44. The van der Waals surface area contributed by atoms with Crippen molar-refractivity contribution in [2.24, 2.45) is 0 Å². The first kappa shape index (κ1) is 13.8. The Kier molecular flexibility index (Phi) is 3.91. The van der Waals surface area contributed by atoms with E-state index in [4.69, 9.17) is 11.6 Å². The van der Waals surface area contributed by atoms with E-state index < -0.39 is 10.0 Å². The topological polar surface area (TPSA) is 46.2 Å². The lowest BCUT2D eigenvalue weighted by molar-refractivity contribution is 0.214. The Balaban J connectivity index is 2.25. The van der Waals surface area contributed by atoms with Gasteiger partial charge in [0.2, 0.25) is 0 Å². The number of sulfonamides is 1. The molecule has 1 aliphatic rings. The summed E-state index contributed by atoms with van der Waals surface area (Å²) in [5.41, 5.74) is -0.234. The summed E-state index contributed by atoms with van der Waals surface area (Å²) in [5, 5.41) is 0.439. The highest BCUT2D eigenvalue weighted by molar-refractivity contribution is 9.11. The summed E-state index contributed by atoms with van der Waals surface area (Å²) < 4.78 is 28.1. The molecule has 2 rings (SSSR count). The van der Waals surface area contributed by atoms with Gasteiger partial charge in [-0.2, -0.15) is 0 Å². The Morgan fingerprint density at radius 2 is 2.24 bits per heavy atom. The molecule has 7 heteroatoms. The molecule has 0 saturated heterocycles. The molecule has 1 saturated carbocycles. The monoisotopic (exact) mass is 357 g/mol. The Hall–Kier alpha value is 0.380. The third kappa shape index (κ3) is 2.71. The highest BCUT2D eigenvalue weighted by Gasteiger charge is 2.39. The van der Waals surface area contributed by atoms with E-state index in [0.717, 1.165) is 37.0 Å². The molecule has 1 N–H and O–H groups in total.